The van der Waals surface area contributed by atoms with E-state index in [0.717, 1.165) is 0 Å². The lowest BCUT2D eigenvalue weighted by Gasteiger charge is -2.25. The summed E-state index contributed by atoms with van der Waals surface area (Å²) in [6.45, 7) is 7.69. The predicted octanol–water partition coefficient (Wildman–Crippen LogP) is 4.66. The normalized spacial score (nSPS) is 13.0. The second-order valence-electron chi connectivity index (χ2n) is 5.57. The molecule has 8 heteroatoms. The van der Waals surface area contributed by atoms with Gasteiger partial charge in [-0.2, -0.15) is 0 Å². The van der Waals surface area contributed by atoms with Gasteiger partial charge in [-0.25, -0.2) is 8.42 Å². The number of rotatable bonds is 10. The van der Waals surface area contributed by atoms with Gasteiger partial charge in [-0.15, -0.1) is 0 Å². The molecular formula is C15H25O4PS3. The molecule has 0 unspecified atom stereocenters. The highest BCUT2D eigenvalue weighted by Crippen LogP contribution is 2.62. The van der Waals surface area contributed by atoms with Crippen LogP contribution in [0.4, 0.5) is 0 Å². The quantitative estimate of drug-likeness (QED) is 0.424. The van der Waals surface area contributed by atoms with Crippen LogP contribution in [0.5, 0.6) is 0 Å². The lowest BCUT2D eigenvalue weighted by molar-refractivity contribution is 0.186. The van der Waals surface area contributed by atoms with Crippen molar-refractivity contribution in [2.45, 2.75) is 51.2 Å². The van der Waals surface area contributed by atoms with E-state index in [2.05, 4.69) is 0 Å². The number of hydrogen-bond acceptors (Lipinski definition) is 6. The maximum atomic E-state index is 12.2. The van der Waals surface area contributed by atoms with Crippen molar-refractivity contribution in [2.24, 2.45) is 0 Å². The fourth-order valence-corrected chi connectivity index (χ4v) is 9.15. The molecule has 0 heterocycles. The molecule has 0 aliphatic carbocycles. The zero-order valence-electron chi connectivity index (χ0n) is 14.0. The Bertz CT molecular complexity index is 601. The molecule has 4 nitrogen and oxygen atoms in total. The molecule has 132 valence electrons. The predicted molar refractivity (Wildman–Crippen MR) is 102 cm³/mol. The van der Waals surface area contributed by atoms with Gasteiger partial charge >= 0.3 is 0 Å². The van der Waals surface area contributed by atoms with E-state index in [4.69, 9.17) is 20.9 Å². The molecular weight excluding hydrogens is 371 g/mol. The topological polar surface area (TPSA) is 52.6 Å². The zero-order valence-corrected chi connectivity index (χ0v) is 17.3. The molecule has 0 aliphatic rings. The standard InChI is InChI=1S/C15H25O4PS3/c1-13(2)18-20(21,19-14(3)4)22-11-8-12-23(16,17)15-9-6-5-7-10-15/h5-7,9-10,13-14H,8,11-12H2,1-4H3. The van der Waals surface area contributed by atoms with Gasteiger partial charge in [0.25, 0.3) is 0 Å². The van der Waals surface area contributed by atoms with E-state index in [1.807, 2.05) is 27.7 Å². The molecule has 0 aliphatic heterocycles. The van der Waals surface area contributed by atoms with Crippen LogP contribution >= 0.6 is 17.1 Å². The maximum absolute atomic E-state index is 12.2. The second-order valence-corrected chi connectivity index (χ2v) is 14.0. The monoisotopic (exact) mass is 396 g/mol. The average molecular weight is 397 g/mol. The molecule has 0 radical (unpaired) electrons. The maximum Gasteiger partial charge on any atom is 0.247 e. The van der Waals surface area contributed by atoms with E-state index in [-0.39, 0.29) is 18.0 Å². The minimum absolute atomic E-state index is 0.0138. The lowest BCUT2D eigenvalue weighted by Crippen LogP contribution is -2.09. The Morgan fingerprint density at radius 3 is 2.09 bits per heavy atom. The molecule has 0 spiro atoms. The molecule has 23 heavy (non-hydrogen) atoms. The van der Waals surface area contributed by atoms with Crippen LogP contribution in [0.25, 0.3) is 0 Å². The Hall–Kier alpha value is 0.0900. The molecule has 0 saturated heterocycles. The summed E-state index contributed by atoms with van der Waals surface area (Å²) >= 11 is 6.97. The van der Waals surface area contributed by atoms with Gasteiger partial charge in [0, 0.05) is 5.75 Å². The Morgan fingerprint density at radius 2 is 1.61 bits per heavy atom. The van der Waals surface area contributed by atoms with E-state index < -0.39 is 15.5 Å². The van der Waals surface area contributed by atoms with E-state index in [0.29, 0.717) is 17.1 Å². The first-order valence-electron chi connectivity index (χ1n) is 7.54. The summed E-state index contributed by atoms with van der Waals surface area (Å²) in [7, 11) is -3.24. The third kappa shape index (κ3) is 8.14. The van der Waals surface area contributed by atoms with Crippen molar-refractivity contribution in [1.29, 1.82) is 0 Å². The molecule has 0 saturated carbocycles. The van der Waals surface area contributed by atoms with Crippen molar-refractivity contribution in [3.05, 3.63) is 30.3 Å². The highest BCUT2D eigenvalue weighted by Gasteiger charge is 2.23. The van der Waals surface area contributed by atoms with Gasteiger partial charge in [-0.3, -0.25) is 0 Å². The average Bonchev–Trinajstić information content (AvgIpc) is 2.43. The zero-order chi connectivity index (χ0) is 17.5. The Balaban J connectivity index is 2.55. The van der Waals surface area contributed by atoms with Crippen molar-refractivity contribution < 1.29 is 17.5 Å². The van der Waals surface area contributed by atoms with Crippen LogP contribution in [-0.4, -0.2) is 32.1 Å². The van der Waals surface area contributed by atoms with Crippen molar-refractivity contribution in [3.8, 4) is 0 Å². The van der Waals surface area contributed by atoms with Crippen LogP contribution < -0.4 is 0 Å². The van der Waals surface area contributed by atoms with Gasteiger partial charge in [-0.1, -0.05) is 29.6 Å². The molecule has 0 atom stereocenters. The van der Waals surface area contributed by atoms with Gasteiger partial charge in [0.2, 0.25) is 5.69 Å². The van der Waals surface area contributed by atoms with Gasteiger partial charge in [0.05, 0.1) is 22.9 Å². The van der Waals surface area contributed by atoms with Crippen LogP contribution in [0.1, 0.15) is 34.1 Å². The molecule has 0 amide bonds. The molecule has 1 rings (SSSR count). The van der Waals surface area contributed by atoms with Crippen LogP contribution in [0.2, 0.25) is 0 Å². The van der Waals surface area contributed by atoms with Crippen LogP contribution in [0.3, 0.4) is 0 Å². The van der Waals surface area contributed by atoms with E-state index >= 15 is 0 Å². The summed E-state index contributed by atoms with van der Waals surface area (Å²) < 4.78 is 36.0. The number of benzene rings is 1. The molecule has 1 aromatic rings. The first-order valence-corrected chi connectivity index (χ1v) is 13.4. The van der Waals surface area contributed by atoms with Gasteiger partial charge < -0.3 is 9.05 Å². The third-order valence-corrected chi connectivity index (χ3v) is 10.0. The largest absolute Gasteiger partial charge is 0.319 e. The van der Waals surface area contributed by atoms with Gasteiger partial charge in [0.15, 0.2) is 9.84 Å². The van der Waals surface area contributed by atoms with E-state index in [1.54, 1.807) is 30.3 Å². The summed E-state index contributed by atoms with van der Waals surface area (Å²) in [6.07, 6.45) is 0.490. The first kappa shape index (κ1) is 21.1. The molecule has 1 aromatic carbocycles. The molecule has 0 aromatic heterocycles. The van der Waals surface area contributed by atoms with E-state index in [9.17, 15) is 8.42 Å². The SMILES string of the molecule is CC(C)OP(=S)(OC(C)C)SCCCS(=O)(=O)c1ccccc1. The Labute approximate surface area is 149 Å². The number of sulfone groups is 1. The minimum Gasteiger partial charge on any atom is -0.319 e. The minimum atomic E-state index is -3.24. The first-order chi connectivity index (χ1) is 10.6. The summed E-state index contributed by atoms with van der Waals surface area (Å²) in [4.78, 5) is 0.362. The number of hydrogen-bond donors (Lipinski definition) is 0. The highest BCUT2D eigenvalue weighted by molar-refractivity contribution is 8.67. The van der Waals surface area contributed by atoms with Crippen molar-refractivity contribution in [1.82, 2.24) is 0 Å². The van der Waals surface area contributed by atoms with Crippen LogP contribution in [0, 0.1) is 0 Å². The summed E-state index contributed by atoms with van der Waals surface area (Å²) in [5.41, 5.74) is -2.43. The second kappa shape index (κ2) is 9.54. The summed E-state index contributed by atoms with van der Waals surface area (Å²) in [5, 5.41) is 0. The van der Waals surface area contributed by atoms with Gasteiger partial charge in [-0.05, 0) is 58.1 Å². The molecule has 0 bridgehead atoms. The summed E-state index contributed by atoms with van der Waals surface area (Å²) in [5.74, 6) is 0.700. The summed E-state index contributed by atoms with van der Waals surface area (Å²) in [6, 6.07) is 8.51. The smallest absolute Gasteiger partial charge is 0.247 e. The Kier molecular flexibility index (Phi) is 8.77. The lowest BCUT2D eigenvalue weighted by atomic mass is 10.4. The van der Waals surface area contributed by atoms with Crippen LogP contribution in [0.15, 0.2) is 35.2 Å². The molecule has 0 fully saturated rings. The Morgan fingerprint density at radius 1 is 1.09 bits per heavy atom. The fraction of sp³-hybridized carbons (Fsp3) is 0.600. The van der Waals surface area contributed by atoms with Crippen LogP contribution in [-0.2, 0) is 30.7 Å². The third-order valence-electron chi connectivity index (χ3n) is 2.59. The van der Waals surface area contributed by atoms with E-state index in [1.165, 1.54) is 11.4 Å². The highest BCUT2D eigenvalue weighted by atomic mass is 32.9. The molecule has 0 N–H and O–H groups in total. The van der Waals surface area contributed by atoms with Crippen molar-refractivity contribution in [2.75, 3.05) is 11.5 Å². The van der Waals surface area contributed by atoms with Crippen molar-refractivity contribution >= 4 is 38.7 Å². The van der Waals surface area contributed by atoms with Gasteiger partial charge in [0.1, 0.15) is 0 Å². The van der Waals surface area contributed by atoms with Crippen molar-refractivity contribution in [3.63, 3.8) is 0 Å². The fourth-order valence-electron chi connectivity index (χ4n) is 1.77.